The van der Waals surface area contributed by atoms with Crippen LogP contribution in [0.2, 0.25) is 0 Å². The van der Waals surface area contributed by atoms with Crippen LogP contribution < -0.4 is 10.6 Å². The van der Waals surface area contributed by atoms with E-state index in [0.29, 0.717) is 5.69 Å². The highest BCUT2D eigenvalue weighted by molar-refractivity contribution is 6.02. The van der Waals surface area contributed by atoms with Crippen LogP contribution in [0.3, 0.4) is 0 Å². The first kappa shape index (κ1) is 14.7. The van der Waals surface area contributed by atoms with Crippen LogP contribution in [-0.4, -0.2) is 24.5 Å². The summed E-state index contributed by atoms with van der Waals surface area (Å²) in [7, 11) is 0. The highest BCUT2D eigenvalue weighted by Crippen LogP contribution is 2.15. The lowest BCUT2D eigenvalue weighted by molar-refractivity contribution is -0.146. The molecule has 0 atom stereocenters. The van der Waals surface area contributed by atoms with Gasteiger partial charge < -0.3 is 10.1 Å². The van der Waals surface area contributed by atoms with Crippen molar-refractivity contribution in [2.75, 3.05) is 11.9 Å². The highest BCUT2D eigenvalue weighted by atomic mass is 16.5. The minimum atomic E-state index is -0.683. The molecule has 0 saturated heterocycles. The Balaban J connectivity index is 2.51. The zero-order valence-electron chi connectivity index (χ0n) is 11.1. The van der Waals surface area contributed by atoms with Gasteiger partial charge in [-0.15, -0.1) is 0 Å². The predicted molar refractivity (Wildman–Crippen MR) is 69.7 cm³/mol. The Bertz CT molecular complexity index is 511. The molecule has 0 aliphatic heterocycles. The van der Waals surface area contributed by atoms with Crippen LogP contribution in [0.5, 0.6) is 0 Å². The Morgan fingerprint density at radius 1 is 1.21 bits per heavy atom. The number of ether oxygens (including phenoxy) is 1. The molecule has 0 aliphatic rings. The molecule has 0 spiro atoms. The number of nitrogens with one attached hydrogen (secondary N) is 2. The van der Waals surface area contributed by atoms with Crippen LogP contribution in [-0.2, 0) is 14.3 Å². The smallest absolute Gasteiger partial charge is 0.325 e. The molecule has 0 radical (unpaired) electrons. The normalized spacial score (nSPS) is 9.63. The second kappa shape index (κ2) is 6.53. The Morgan fingerprint density at radius 2 is 1.89 bits per heavy atom. The number of urea groups is 1. The van der Waals surface area contributed by atoms with E-state index in [9.17, 15) is 14.4 Å². The molecular weight excluding hydrogens is 248 g/mol. The summed E-state index contributed by atoms with van der Waals surface area (Å²) >= 11 is 0. The Kier molecular flexibility index (Phi) is 5.05. The van der Waals surface area contributed by atoms with Crippen molar-refractivity contribution in [2.24, 2.45) is 0 Å². The first-order valence-corrected chi connectivity index (χ1v) is 5.70. The van der Waals surface area contributed by atoms with Gasteiger partial charge in [0.25, 0.3) is 5.91 Å². The standard InChI is InChI=1S/C13H16N2O4/c1-8-4-5-11(9(2)6-8)14-13(18)15-12(17)7-19-10(3)16/h4-6H,7H2,1-3H3,(H2,14,15,17,18). The van der Waals surface area contributed by atoms with Gasteiger partial charge in [0.1, 0.15) is 0 Å². The molecular formula is C13H16N2O4. The van der Waals surface area contributed by atoms with E-state index < -0.39 is 24.5 Å². The molecule has 102 valence electrons. The molecule has 2 N–H and O–H groups in total. The lowest BCUT2D eigenvalue weighted by Gasteiger charge is -2.09. The third-order valence-corrected chi connectivity index (χ3v) is 2.29. The monoisotopic (exact) mass is 264 g/mol. The molecule has 1 aromatic rings. The van der Waals surface area contributed by atoms with Crippen molar-refractivity contribution in [3.8, 4) is 0 Å². The zero-order chi connectivity index (χ0) is 14.4. The molecule has 6 nitrogen and oxygen atoms in total. The molecule has 6 heteroatoms. The SMILES string of the molecule is CC(=O)OCC(=O)NC(=O)Nc1ccc(C)cc1C. The number of rotatable bonds is 3. The number of anilines is 1. The first-order chi connectivity index (χ1) is 8.88. The molecule has 1 aromatic carbocycles. The number of imide groups is 1. The number of carbonyl (C=O) groups excluding carboxylic acids is 3. The van der Waals surface area contributed by atoms with E-state index in [1.807, 2.05) is 26.0 Å². The maximum Gasteiger partial charge on any atom is 0.325 e. The maximum absolute atomic E-state index is 11.5. The minimum absolute atomic E-state index is 0.477. The molecule has 0 saturated carbocycles. The molecule has 0 aromatic heterocycles. The van der Waals surface area contributed by atoms with Crippen molar-refractivity contribution in [2.45, 2.75) is 20.8 Å². The second-order valence-corrected chi connectivity index (χ2v) is 4.10. The van der Waals surface area contributed by atoms with Crippen LogP contribution >= 0.6 is 0 Å². The van der Waals surface area contributed by atoms with E-state index in [1.54, 1.807) is 6.07 Å². The van der Waals surface area contributed by atoms with Crippen molar-refractivity contribution in [3.05, 3.63) is 29.3 Å². The van der Waals surface area contributed by atoms with Gasteiger partial charge in [0, 0.05) is 12.6 Å². The number of esters is 1. The average molecular weight is 264 g/mol. The second-order valence-electron chi connectivity index (χ2n) is 4.10. The number of amides is 3. The van der Waals surface area contributed by atoms with Gasteiger partial charge in [0.05, 0.1) is 0 Å². The minimum Gasteiger partial charge on any atom is -0.456 e. The quantitative estimate of drug-likeness (QED) is 0.810. The number of hydrogen-bond acceptors (Lipinski definition) is 4. The van der Waals surface area contributed by atoms with Crippen molar-refractivity contribution < 1.29 is 19.1 Å². The van der Waals surface area contributed by atoms with Gasteiger partial charge in [-0.3, -0.25) is 14.9 Å². The fraction of sp³-hybridized carbons (Fsp3) is 0.308. The highest BCUT2D eigenvalue weighted by Gasteiger charge is 2.10. The molecule has 19 heavy (non-hydrogen) atoms. The van der Waals surface area contributed by atoms with Gasteiger partial charge in [0.2, 0.25) is 0 Å². The molecule has 0 unspecified atom stereocenters. The Morgan fingerprint density at radius 3 is 2.47 bits per heavy atom. The first-order valence-electron chi connectivity index (χ1n) is 5.70. The lowest BCUT2D eigenvalue weighted by Crippen LogP contribution is -2.37. The molecule has 0 heterocycles. The predicted octanol–water partition coefficient (Wildman–Crippen LogP) is 1.51. The number of benzene rings is 1. The third-order valence-electron chi connectivity index (χ3n) is 2.29. The summed E-state index contributed by atoms with van der Waals surface area (Å²) in [6.45, 7) is 4.50. The van der Waals surface area contributed by atoms with Gasteiger partial charge in [-0.25, -0.2) is 4.79 Å². The van der Waals surface area contributed by atoms with Crippen LogP contribution in [0, 0.1) is 13.8 Å². The van der Waals surface area contributed by atoms with E-state index in [0.717, 1.165) is 11.1 Å². The lowest BCUT2D eigenvalue weighted by atomic mass is 10.1. The molecule has 0 fully saturated rings. The van der Waals surface area contributed by atoms with E-state index in [2.05, 4.69) is 15.4 Å². The number of aryl methyl sites for hydroxylation is 2. The van der Waals surface area contributed by atoms with Crippen molar-refractivity contribution in [3.63, 3.8) is 0 Å². The summed E-state index contributed by atoms with van der Waals surface area (Å²) in [6.07, 6.45) is 0. The summed E-state index contributed by atoms with van der Waals surface area (Å²) in [5, 5.41) is 4.60. The van der Waals surface area contributed by atoms with E-state index >= 15 is 0 Å². The fourth-order valence-electron chi connectivity index (χ4n) is 1.44. The summed E-state index contributed by atoms with van der Waals surface area (Å²) < 4.78 is 4.46. The van der Waals surface area contributed by atoms with Crippen molar-refractivity contribution >= 4 is 23.6 Å². The van der Waals surface area contributed by atoms with E-state index in [4.69, 9.17) is 0 Å². The third kappa shape index (κ3) is 5.20. The van der Waals surface area contributed by atoms with Gasteiger partial charge in [-0.05, 0) is 25.5 Å². The maximum atomic E-state index is 11.5. The Labute approximate surface area is 111 Å². The van der Waals surface area contributed by atoms with Gasteiger partial charge in [-0.1, -0.05) is 17.7 Å². The largest absolute Gasteiger partial charge is 0.456 e. The molecule has 3 amide bonds. The summed E-state index contributed by atoms with van der Waals surface area (Å²) in [5.74, 6) is -1.26. The average Bonchev–Trinajstić information content (AvgIpc) is 2.30. The van der Waals surface area contributed by atoms with E-state index in [1.165, 1.54) is 6.92 Å². The van der Waals surface area contributed by atoms with E-state index in [-0.39, 0.29) is 0 Å². The van der Waals surface area contributed by atoms with Crippen LogP contribution in [0.25, 0.3) is 0 Å². The van der Waals surface area contributed by atoms with Crippen molar-refractivity contribution in [1.29, 1.82) is 0 Å². The summed E-state index contributed by atoms with van der Waals surface area (Å²) in [6, 6.07) is 4.85. The fourth-order valence-corrected chi connectivity index (χ4v) is 1.44. The number of carbonyl (C=O) groups is 3. The topological polar surface area (TPSA) is 84.5 Å². The molecule has 0 bridgehead atoms. The summed E-state index contributed by atoms with van der Waals surface area (Å²) in [5.41, 5.74) is 2.58. The van der Waals surface area contributed by atoms with Gasteiger partial charge >= 0.3 is 12.0 Å². The van der Waals surface area contributed by atoms with Gasteiger partial charge in [-0.2, -0.15) is 0 Å². The van der Waals surface area contributed by atoms with Crippen LogP contribution in [0.4, 0.5) is 10.5 Å². The molecule has 1 rings (SSSR count). The summed E-state index contributed by atoms with van der Waals surface area (Å²) in [4.78, 5) is 33.3. The number of hydrogen-bond donors (Lipinski definition) is 2. The van der Waals surface area contributed by atoms with Crippen molar-refractivity contribution in [1.82, 2.24) is 5.32 Å². The Hall–Kier alpha value is -2.37. The van der Waals surface area contributed by atoms with Gasteiger partial charge in [0.15, 0.2) is 6.61 Å². The van der Waals surface area contributed by atoms with Crippen LogP contribution in [0.15, 0.2) is 18.2 Å². The van der Waals surface area contributed by atoms with Crippen LogP contribution in [0.1, 0.15) is 18.1 Å². The molecule has 0 aliphatic carbocycles. The zero-order valence-corrected chi connectivity index (χ0v) is 11.1.